The van der Waals surface area contributed by atoms with Gasteiger partial charge < -0.3 is 5.11 Å². The summed E-state index contributed by atoms with van der Waals surface area (Å²) >= 11 is 0. The van der Waals surface area contributed by atoms with E-state index in [4.69, 9.17) is 5.11 Å². The molecule has 0 saturated carbocycles. The number of hydrogen-bond acceptors (Lipinski definition) is 3. The largest absolute Gasteiger partial charge is 0.480 e. The van der Waals surface area contributed by atoms with Crippen molar-refractivity contribution in [3.8, 4) is 0 Å². The summed E-state index contributed by atoms with van der Waals surface area (Å²) in [6.45, 7) is 3.83. The smallest absolute Gasteiger partial charge is 0.318 e. The molecule has 0 amide bonds. The van der Waals surface area contributed by atoms with E-state index < -0.39 is 21.6 Å². The molecule has 0 aromatic heterocycles. The number of sulfone groups is 1. The highest BCUT2D eigenvalue weighted by molar-refractivity contribution is 7.91. The van der Waals surface area contributed by atoms with Crippen LogP contribution in [0.15, 0.2) is 18.2 Å². The van der Waals surface area contributed by atoms with E-state index in [9.17, 15) is 13.2 Å². The van der Waals surface area contributed by atoms with Crippen molar-refractivity contribution in [1.82, 2.24) is 0 Å². The fraction of sp³-hybridized carbons (Fsp3) is 0.364. The molecular weight excluding hydrogens is 228 g/mol. The Morgan fingerprint density at radius 2 is 1.88 bits per heavy atom. The van der Waals surface area contributed by atoms with Crippen molar-refractivity contribution in [2.45, 2.75) is 19.6 Å². The van der Waals surface area contributed by atoms with Crippen LogP contribution in [0.1, 0.15) is 16.7 Å². The third-order valence-corrected chi connectivity index (χ3v) is 3.76. The minimum atomic E-state index is -3.56. The average Bonchev–Trinajstić information content (AvgIpc) is 2.08. The van der Waals surface area contributed by atoms with Crippen molar-refractivity contribution < 1.29 is 18.3 Å². The van der Waals surface area contributed by atoms with E-state index in [1.54, 1.807) is 12.1 Å². The van der Waals surface area contributed by atoms with Crippen molar-refractivity contribution >= 4 is 15.8 Å². The van der Waals surface area contributed by atoms with Crippen molar-refractivity contribution in [3.63, 3.8) is 0 Å². The first kappa shape index (κ1) is 12.7. The first-order chi connectivity index (χ1) is 7.30. The molecule has 1 aromatic carbocycles. The van der Waals surface area contributed by atoms with Crippen molar-refractivity contribution in [3.05, 3.63) is 34.9 Å². The number of carboxylic acid groups (broad SMARTS) is 1. The number of rotatable bonds is 4. The summed E-state index contributed by atoms with van der Waals surface area (Å²) in [7, 11) is -3.56. The van der Waals surface area contributed by atoms with Gasteiger partial charge in [-0.2, -0.15) is 0 Å². The Kier molecular flexibility index (Phi) is 3.70. The van der Waals surface area contributed by atoms with Crippen molar-refractivity contribution in [2.24, 2.45) is 0 Å². The third-order valence-electron chi connectivity index (χ3n) is 2.30. The van der Waals surface area contributed by atoms with Gasteiger partial charge in [-0.15, -0.1) is 0 Å². The lowest BCUT2D eigenvalue weighted by molar-refractivity contribution is -0.134. The molecule has 0 unspecified atom stereocenters. The van der Waals surface area contributed by atoms with Gasteiger partial charge in [0.25, 0.3) is 0 Å². The molecule has 5 heteroatoms. The SMILES string of the molecule is Cc1ccc(CS(=O)(=O)CC(=O)O)cc1C. The number of carboxylic acids is 1. The summed E-state index contributed by atoms with van der Waals surface area (Å²) in [5, 5.41) is 8.45. The molecule has 1 aromatic rings. The molecule has 1 rings (SSSR count). The lowest BCUT2D eigenvalue weighted by Crippen LogP contribution is -2.17. The minimum absolute atomic E-state index is 0.222. The Hall–Kier alpha value is -1.36. The van der Waals surface area contributed by atoms with Crippen LogP contribution in [-0.4, -0.2) is 25.2 Å². The number of aliphatic carboxylic acids is 1. The predicted molar refractivity (Wildman–Crippen MR) is 61.0 cm³/mol. The van der Waals surface area contributed by atoms with Crippen LogP contribution in [0, 0.1) is 13.8 Å². The van der Waals surface area contributed by atoms with E-state index >= 15 is 0 Å². The van der Waals surface area contributed by atoms with Gasteiger partial charge >= 0.3 is 5.97 Å². The van der Waals surface area contributed by atoms with Crippen LogP contribution in [0.5, 0.6) is 0 Å². The van der Waals surface area contributed by atoms with Gasteiger partial charge in [0.1, 0.15) is 5.75 Å². The zero-order valence-electron chi connectivity index (χ0n) is 9.23. The van der Waals surface area contributed by atoms with Crippen LogP contribution in [0.4, 0.5) is 0 Å². The number of benzene rings is 1. The molecule has 4 nitrogen and oxygen atoms in total. The quantitative estimate of drug-likeness (QED) is 0.864. The molecule has 16 heavy (non-hydrogen) atoms. The van der Waals surface area contributed by atoms with Crippen LogP contribution in [0.2, 0.25) is 0 Å². The Morgan fingerprint density at radius 3 is 2.38 bits per heavy atom. The summed E-state index contributed by atoms with van der Waals surface area (Å²) in [5.41, 5.74) is 2.71. The van der Waals surface area contributed by atoms with E-state index in [0.29, 0.717) is 5.56 Å². The molecular formula is C11H14O4S. The fourth-order valence-electron chi connectivity index (χ4n) is 1.39. The second-order valence-electron chi connectivity index (χ2n) is 3.84. The highest BCUT2D eigenvalue weighted by Gasteiger charge is 2.16. The second kappa shape index (κ2) is 4.65. The number of aryl methyl sites for hydroxylation is 2. The zero-order chi connectivity index (χ0) is 12.3. The fourth-order valence-corrected chi connectivity index (χ4v) is 2.55. The molecule has 0 heterocycles. The Bertz CT molecular complexity index is 503. The molecule has 0 bridgehead atoms. The summed E-state index contributed by atoms with van der Waals surface area (Å²) in [6.07, 6.45) is 0. The number of hydrogen-bond donors (Lipinski definition) is 1. The summed E-state index contributed by atoms with van der Waals surface area (Å²) < 4.78 is 22.9. The second-order valence-corrected chi connectivity index (χ2v) is 5.91. The van der Waals surface area contributed by atoms with E-state index in [-0.39, 0.29) is 5.75 Å². The molecule has 0 atom stereocenters. The lowest BCUT2D eigenvalue weighted by atomic mass is 10.1. The average molecular weight is 242 g/mol. The van der Waals surface area contributed by atoms with Crippen LogP contribution >= 0.6 is 0 Å². The number of carbonyl (C=O) groups is 1. The molecule has 0 fully saturated rings. The normalized spacial score (nSPS) is 11.4. The highest BCUT2D eigenvalue weighted by atomic mass is 32.2. The molecule has 0 aliphatic rings. The van der Waals surface area contributed by atoms with E-state index in [1.807, 2.05) is 19.9 Å². The van der Waals surface area contributed by atoms with Crippen LogP contribution < -0.4 is 0 Å². The van der Waals surface area contributed by atoms with Gasteiger partial charge in [0.15, 0.2) is 9.84 Å². The van der Waals surface area contributed by atoms with E-state index in [2.05, 4.69) is 0 Å². The third kappa shape index (κ3) is 3.66. The standard InChI is InChI=1S/C11H14O4S/c1-8-3-4-10(5-9(8)2)6-16(14,15)7-11(12)13/h3-5H,6-7H2,1-2H3,(H,12,13). The molecule has 0 aliphatic heterocycles. The summed E-state index contributed by atoms with van der Waals surface area (Å²) in [5.74, 6) is -2.36. The predicted octanol–water partition coefficient (Wildman–Crippen LogP) is 1.30. The van der Waals surface area contributed by atoms with Crippen LogP contribution in [0.3, 0.4) is 0 Å². The summed E-state index contributed by atoms with van der Waals surface area (Å²) in [6, 6.07) is 5.32. The lowest BCUT2D eigenvalue weighted by Gasteiger charge is -2.05. The van der Waals surface area contributed by atoms with Gasteiger partial charge in [-0.05, 0) is 30.5 Å². The van der Waals surface area contributed by atoms with Crippen molar-refractivity contribution in [2.75, 3.05) is 5.75 Å². The molecule has 0 radical (unpaired) electrons. The maximum atomic E-state index is 11.4. The molecule has 0 aliphatic carbocycles. The van der Waals surface area contributed by atoms with Gasteiger partial charge in [0.2, 0.25) is 0 Å². The first-order valence-electron chi connectivity index (χ1n) is 4.78. The van der Waals surface area contributed by atoms with Gasteiger partial charge in [-0.25, -0.2) is 8.42 Å². The van der Waals surface area contributed by atoms with Gasteiger partial charge in [-0.3, -0.25) is 4.79 Å². The Labute approximate surface area is 94.8 Å². The Morgan fingerprint density at radius 1 is 1.25 bits per heavy atom. The van der Waals surface area contributed by atoms with E-state index in [0.717, 1.165) is 11.1 Å². The van der Waals surface area contributed by atoms with E-state index in [1.165, 1.54) is 0 Å². The molecule has 88 valence electrons. The maximum Gasteiger partial charge on any atom is 0.318 e. The minimum Gasteiger partial charge on any atom is -0.480 e. The molecule has 0 spiro atoms. The monoisotopic (exact) mass is 242 g/mol. The molecule has 1 N–H and O–H groups in total. The maximum absolute atomic E-state index is 11.4. The van der Waals surface area contributed by atoms with Crippen LogP contribution in [-0.2, 0) is 20.4 Å². The Balaban J connectivity index is 2.88. The van der Waals surface area contributed by atoms with Crippen LogP contribution in [0.25, 0.3) is 0 Å². The molecule has 0 saturated heterocycles. The summed E-state index contributed by atoms with van der Waals surface area (Å²) in [4.78, 5) is 10.3. The first-order valence-corrected chi connectivity index (χ1v) is 6.60. The highest BCUT2D eigenvalue weighted by Crippen LogP contribution is 2.12. The topological polar surface area (TPSA) is 71.4 Å². The zero-order valence-corrected chi connectivity index (χ0v) is 10.0. The van der Waals surface area contributed by atoms with Crippen molar-refractivity contribution in [1.29, 1.82) is 0 Å². The van der Waals surface area contributed by atoms with Gasteiger partial charge in [-0.1, -0.05) is 18.2 Å². The van der Waals surface area contributed by atoms with Gasteiger partial charge in [0.05, 0.1) is 5.75 Å². The van der Waals surface area contributed by atoms with Gasteiger partial charge in [0, 0.05) is 0 Å².